The Balaban J connectivity index is 1.67. The molecule has 154 valence electrons. The van der Waals surface area contributed by atoms with Crippen LogP contribution in [0.5, 0.6) is 0 Å². The van der Waals surface area contributed by atoms with Crippen molar-refractivity contribution in [2.45, 2.75) is 33.1 Å². The lowest BCUT2D eigenvalue weighted by molar-refractivity contribution is 0.0664. The van der Waals surface area contributed by atoms with E-state index < -0.39 is 0 Å². The third-order valence-corrected chi connectivity index (χ3v) is 7.30. The van der Waals surface area contributed by atoms with Crippen molar-refractivity contribution in [3.63, 3.8) is 0 Å². The Labute approximate surface area is 176 Å². The molecule has 2 aliphatic rings. The third-order valence-electron chi connectivity index (χ3n) is 6.13. The van der Waals surface area contributed by atoms with Gasteiger partial charge in [0.15, 0.2) is 0 Å². The summed E-state index contributed by atoms with van der Waals surface area (Å²) in [6.07, 6.45) is 3.00. The quantitative estimate of drug-likeness (QED) is 0.835. The Morgan fingerprint density at radius 3 is 2.59 bits per heavy atom. The summed E-state index contributed by atoms with van der Waals surface area (Å²) in [6, 6.07) is 7.58. The van der Waals surface area contributed by atoms with Crippen molar-refractivity contribution in [1.29, 1.82) is 0 Å². The smallest absolute Gasteiger partial charge is 0.257 e. The van der Waals surface area contributed by atoms with Crippen LogP contribution in [0, 0.1) is 12.8 Å². The van der Waals surface area contributed by atoms with Gasteiger partial charge in [0.25, 0.3) is 11.8 Å². The van der Waals surface area contributed by atoms with Crippen molar-refractivity contribution >= 4 is 28.2 Å². The molecule has 4 rings (SSSR count). The molecule has 2 heterocycles. The molecule has 2 aromatic rings. The molecule has 6 heteroatoms. The minimum Gasteiger partial charge on any atom is -0.336 e. The fourth-order valence-corrected chi connectivity index (χ4v) is 5.63. The molecule has 1 N–H and O–H groups in total. The van der Waals surface area contributed by atoms with E-state index in [2.05, 4.69) is 24.2 Å². The van der Waals surface area contributed by atoms with Gasteiger partial charge in [-0.25, -0.2) is 0 Å². The molecule has 1 aliphatic heterocycles. The van der Waals surface area contributed by atoms with Crippen LogP contribution < -0.4 is 5.32 Å². The van der Waals surface area contributed by atoms with E-state index in [0.717, 1.165) is 67.1 Å². The molecule has 1 unspecified atom stereocenters. The Bertz CT molecular complexity index is 928. The number of piperazine rings is 1. The van der Waals surface area contributed by atoms with Crippen LogP contribution in [0.15, 0.2) is 24.3 Å². The van der Waals surface area contributed by atoms with Crippen molar-refractivity contribution in [2.75, 3.05) is 38.5 Å². The number of hydrogen-bond acceptors (Lipinski definition) is 4. The monoisotopic (exact) mass is 411 g/mol. The zero-order valence-corrected chi connectivity index (χ0v) is 18.3. The molecule has 0 bridgehead atoms. The second-order valence-electron chi connectivity index (χ2n) is 8.42. The number of hydrogen-bond donors (Lipinski definition) is 1. The molecule has 1 atom stereocenters. The van der Waals surface area contributed by atoms with E-state index in [9.17, 15) is 9.59 Å². The number of carbonyl (C=O) groups excluding carboxylic acids is 2. The third kappa shape index (κ3) is 4.09. The summed E-state index contributed by atoms with van der Waals surface area (Å²) in [4.78, 5) is 31.9. The Hall–Kier alpha value is -2.18. The number of amides is 2. The Morgan fingerprint density at radius 2 is 1.86 bits per heavy atom. The summed E-state index contributed by atoms with van der Waals surface area (Å²) >= 11 is 1.60. The molecule has 2 amide bonds. The molecule has 0 radical (unpaired) electrons. The SMILES string of the molecule is Cc1ccccc1C(=O)Nc1sc2c(c1C(=O)N1CCN(C)CC1)CCC(C)C2. The van der Waals surface area contributed by atoms with Crippen LogP contribution in [0.25, 0.3) is 0 Å². The van der Waals surface area contributed by atoms with E-state index in [4.69, 9.17) is 0 Å². The maximum Gasteiger partial charge on any atom is 0.257 e. The van der Waals surface area contributed by atoms with Gasteiger partial charge in [0, 0.05) is 36.6 Å². The number of carbonyl (C=O) groups is 2. The Morgan fingerprint density at radius 1 is 1.14 bits per heavy atom. The van der Waals surface area contributed by atoms with Crippen molar-refractivity contribution in [2.24, 2.45) is 5.92 Å². The van der Waals surface area contributed by atoms with E-state index in [-0.39, 0.29) is 11.8 Å². The number of nitrogens with one attached hydrogen (secondary N) is 1. The first-order valence-corrected chi connectivity index (χ1v) is 11.2. The van der Waals surface area contributed by atoms with Crippen LogP contribution in [-0.2, 0) is 12.8 Å². The second kappa shape index (κ2) is 8.28. The van der Waals surface area contributed by atoms with Gasteiger partial charge in [0.2, 0.25) is 0 Å². The van der Waals surface area contributed by atoms with Crippen molar-refractivity contribution in [3.05, 3.63) is 51.4 Å². The lowest BCUT2D eigenvalue weighted by atomic mass is 9.88. The summed E-state index contributed by atoms with van der Waals surface area (Å²) in [5.74, 6) is 0.556. The van der Waals surface area contributed by atoms with Crippen LogP contribution in [0.4, 0.5) is 5.00 Å². The highest BCUT2D eigenvalue weighted by atomic mass is 32.1. The molecule has 0 spiro atoms. The van der Waals surface area contributed by atoms with Gasteiger partial charge >= 0.3 is 0 Å². The van der Waals surface area contributed by atoms with Crippen LogP contribution >= 0.6 is 11.3 Å². The number of thiophene rings is 1. The van der Waals surface area contributed by atoms with Gasteiger partial charge in [-0.3, -0.25) is 9.59 Å². The van der Waals surface area contributed by atoms with Crippen LogP contribution in [-0.4, -0.2) is 54.8 Å². The van der Waals surface area contributed by atoms with Gasteiger partial charge < -0.3 is 15.1 Å². The average molecular weight is 412 g/mol. The minimum absolute atomic E-state index is 0.0743. The van der Waals surface area contributed by atoms with Gasteiger partial charge in [0.05, 0.1) is 5.56 Å². The molecular weight excluding hydrogens is 382 g/mol. The second-order valence-corrected chi connectivity index (χ2v) is 9.53. The summed E-state index contributed by atoms with van der Waals surface area (Å²) in [7, 11) is 2.09. The number of fused-ring (bicyclic) bond motifs is 1. The highest BCUT2D eigenvalue weighted by molar-refractivity contribution is 7.17. The first-order valence-electron chi connectivity index (χ1n) is 10.4. The number of likely N-dealkylation sites (N-methyl/N-ethyl adjacent to an activating group) is 1. The van der Waals surface area contributed by atoms with Gasteiger partial charge in [-0.15, -0.1) is 11.3 Å². The number of anilines is 1. The molecule has 5 nitrogen and oxygen atoms in total. The number of benzene rings is 1. The lowest BCUT2D eigenvalue weighted by Gasteiger charge is -2.33. The number of aryl methyl sites for hydroxylation is 1. The van der Waals surface area contributed by atoms with Crippen molar-refractivity contribution < 1.29 is 9.59 Å². The standard InChI is InChI=1S/C23H29N3O2S/c1-15-8-9-18-19(14-15)29-22(24-21(27)17-7-5-4-6-16(17)2)20(18)23(28)26-12-10-25(3)11-13-26/h4-7,15H,8-14H2,1-3H3,(H,24,27). The van der Waals surface area contributed by atoms with Gasteiger partial charge in [-0.2, -0.15) is 0 Å². The molecule has 1 aliphatic carbocycles. The maximum atomic E-state index is 13.5. The molecular formula is C23H29N3O2S. The molecule has 1 aromatic carbocycles. The number of rotatable bonds is 3. The fourth-order valence-electron chi connectivity index (χ4n) is 4.23. The zero-order chi connectivity index (χ0) is 20.5. The molecule has 1 fully saturated rings. The molecule has 0 saturated carbocycles. The predicted molar refractivity (Wildman–Crippen MR) is 118 cm³/mol. The van der Waals surface area contributed by atoms with Crippen LogP contribution in [0.1, 0.15) is 50.1 Å². The Kier molecular flexibility index (Phi) is 5.74. The predicted octanol–water partition coefficient (Wildman–Crippen LogP) is 3.82. The van der Waals surface area contributed by atoms with E-state index >= 15 is 0 Å². The number of nitrogens with zero attached hydrogens (tertiary/aromatic N) is 2. The maximum absolute atomic E-state index is 13.5. The van der Waals surface area contributed by atoms with E-state index in [0.29, 0.717) is 11.5 Å². The summed E-state index contributed by atoms with van der Waals surface area (Å²) in [6.45, 7) is 7.45. The van der Waals surface area contributed by atoms with Gasteiger partial charge in [-0.05, 0) is 56.3 Å². The summed E-state index contributed by atoms with van der Waals surface area (Å²) < 4.78 is 0. The minimum atomic E-state index is -0.137. The largest absolute Gasteiger partial charge is 0.336 e. The first-order chi connectivity index (χ1) is 13.9. The lowest BCUT2D eigenvalue weighted by Crippen LogP contribution is -2.47. The van der Waals surface area contributed by atoms with Gasteiger partial charge in [-0.1, -0.05) is 25.1 Å². The summed E-state index contributed by atoms with van der Waals surface area (Å²) in [5.41, 5.74) is 3.50. The summed E-state index contributed by atoms with van der Waals surface area (Å²) in [5, 5.41) is 3.81. The van der Waals surface area contributed by atoms with E-state index in [1.165, 1.54) is 4.88 Å². The fraction of sp³-hybridized carbons (Fsp3) is 0.478. The molecule has 1 aromatic heterocycles. The first kappa shape index (κ1) is 20.1. The zero-order valence-electron chi connectivity index (χ0n) is 17.5. The van der Waals surface area contributed by atoms with Crippen molar-refractivity contribution in [1.82, 2.24) is 9.80 Å². The van der Waals surface area contributed by atoms with Crippen molar-refractivity contribution in [3.8, 4) is 0 Å². The normalized spacial score (nSPS) is 19.7. The highest BCUT2D eigenvalue weighted by Crippen LogP contribution is 2.40. The highest BCUT2D eigenvalue weighted by Gasteiger charge is 2.31. The topological polar surface area (TPSA) is 52.7 Å². The van der Waals surface area contributed by atoms with Gasteiger partial charge in [0.1, 0.15) is 5.00 Å². The average Bonchev–Trinajstić information content (AvgIpc) is 3.05. The van der Waals surface area contributed by atoms with Crippen LogP contribution in [0.3, 0.4) is 0 Å². The van der Waals surface area contributed by atoms with E-state index in [1.54, 1.807) is 11.3 Å². The molecule has 29 heavy (non-hydrogen) atoms. The van der Waals surface area contributed by atoms with E-state index in [1.807, 2.05) is 36.1 Å². The van der Waals surface area contributed by atoms with Crippen LogP contribution in [0.2, 0.25) is 0 Å². The molecule has 1 saturated heterocycles.